The Labute approximate surface area is 113 Å². The molecule has 0 aliphatic carbocycles. The van der Waals surface area contributed by atoms with Crippen LogP contribution in [-0.2, 0) is 6.54 Å². The molecule has 0 N–H and O–H groups in total. The van der Waals surface area contributed by atoms with Crippen LogP contribution in [0.1, 0.15) is 5.56 Å². The van der Waals surface area contributed by atoms with E-state index in [0.29, 0.717) is 22.6 Å². The van der Waals surface area contributed by atoms with E-state index >= 15 is 0 Å². The predicted molar refractivity (Wildman–Crippen MR) is 70.2 cm³/mol. The van der Waals surface area contributed by atoms with Gasteiger partial charge in [0.15, 0.2) is 11.6 Å². The topological polar surface area (TPSA) is 17.8 Å². The van der Waals surface area contributed by atoms with Gasteiger partial charge in [0.05, 0.1) is 23.9 Å². The van der Waals surface area contributed by atoms with Crippen LogP contribution in [0.4, 0.5) is 8.78 Å². The van der Waals surface area contributed by atoms with Crippen molar-refractivity contribution in [1.29, 1.82) is 0 Å². The lowest BCUT2D eigenvalue weighted by Gasteiger charge is -2.06. The zero-order valence-corrected chi connectivity index (χ0v) is 10.5. The molecule has 19 heavy (non-hydrogen) atoms. The smallest absolute Gasteiger partial charge is 0.161 e. The molecule has 0 aliphatic rings. The van der Waals surface area contributed by atoms with Crippen molar-refractivity contribution in [3.63, 3.8) is 0 Å². The number of rotatable bonds is 2. The van der Waals surface area contributed by atoms with Gasteiger partial charge in [-0.25, -0.2) is 13.8 Å². The summed E-state index contributed by atoms with van der Waals surface area (Å²) in [6.07, 6.45) is 1.55. The van der Waals surface area contributed by atoms with Crippen molar-refractivity contribution in [2.45, 2.75) is 6.54 Å². The Bertz CT molecular complexity index is 752. The lowest BCUT2D eigenvalue weighted by atomic mass is 10.2. The van der Waals surface area contributed by atoms with E-state index < -0.39 is 11.6 Å². The minimum Gasteiger partial charge on any atom is -0.326 e. The molecule has 0 amide bonds. The first kappa shape index (κ1) is 12.1. The number of nitrogens with zero attached hydrogens (tertiary/aromatic N) is 2. The number of hydrogen-bond acceptors (Lipinski definition) is 1. The summed E-state index contributed by atoms with van der Waals surface area (Å²) < 4.78 is 28.1. The first-order valence-corrected chi connectivity index (χ1v) is 6.06. The molecule has 0 spiro atoms. The van der Waals surface area contributed by atoms with Crippen LogP contribution in [0, 0.1) is 11.6 Å². The van der Waals surface area contributed by atoms with Gasteiger partial charge in [-0.1, -0.05) is 29.8 Å². The first-order valence-electron chi connectivity index (χ1n) is 5.68. The van der Waals surface area contributed by atoms with Crippen LogP contribution in [0.2, 0.25) is 5.02 Å². The molecule has 0 fully saturated rings. The number of halogens is 3. The molecule has 0 radical (unpaired) electrons. The van der Waals surface area contributed by atoms with Crippen molar-refractivity contribution in [3.05, 3.63) is 64.9 Å². The average molecular weight is 279 g/mol. The van der Waals surface area contributed by atoms with Gasteiger partial charge in [0.1, 0.15) is 0 Å². The highest BCUT2D eigenvalue weighted by Gasteiger charge is 2.10. The standard InChI is InChI=1S/C14H9ClF2N2/c15-10-4-2-1-3-9(10)7-19-8-18-13-5-11(16)12(17)6-14(13)19/h1-6,8H,7H2. The van der Waals surface area contributed by atoms with E-state index in [2.05, 4.69) is 4.98 Å². The molecule has 0 saturated heterocycles. The zero-order chi connectivity index (χ0) is 13.4. The zero-order valence-electron chi connectivity index (χ0n) is 9.78. The normalized spacial score (nSPS) is 11.1. The van der Waals surface area contributed by atoms with Crippen LogP contribution in [-0.4, -0.2) is 9.55 Å². The number of fused-ring (bicyclic) bond motifs is 1. The summed E-state index contributed by atoms with van der Waals surface area (Å²) >= 11 is 6.08. The highest BCUT2D eigenvalue weighted by molar-refractivity contribution is 6.31. The van der Waals surface area contributed by atoms with Crippen LogP contribution < -0.4 is 0 Å². The molecule has 1 heterocycles. The van der Waals surface area contributed by atoms with Gasteiger partial charge in [-0.15, -0.1) is 0 Å². The predicted octanol–water partition coefficient (Wildman–Crippen LogP) is 4.02. The molecule has 0 aliphatic heterocycles. The molecule has 3 rings (SSSR count). The second-order valence-corrected chi connectivity index (χ2v) is 4.63. The fraction of sp³-hybridized carbons (Fsp3) is 0.0714. The van der Waals surface area contributed by atoms with Gasteiger partial charge in [0.2, 0.25) is 0 Å². The van der Waals surface area contributed by atoms with Crippen molar-refractivity contribution in [1.82, 2.24) is 9.55 Å². The molecule has 96 valence electrons. The second kappa shape index (κ2) is 4.63. The van der Waals surface area contributed by atoms with Crippen LogP contribution >= 0.6 is 11.6 Å². The molecular weight excluding hydrogens is 270 g/mol. The van der Waals surface area contributed by atoms with Gasteiger partial charge in [-0.3, -0.25) is 0 Å². The fourth-order valence-electron chi connectivity index (χ4n) is 1.99. The van der Waals surface area contributed by atoms with Crippen LogP contribution in [0.3, 0.4) is 0 Å². The number of imidazole rings is 1. The molecule has 3 aromatic rings. The van der Waals surface area contributed by atoms with Crippen molar-refractivity contribution < 1.29 is 8.78 Å². The minimum absolute atomic E-state index is 0.422. The molecule has 0 unspecified atom stereocenters. The number of hydrogen-bond donors (Lipinski definition) is 0. The SMILES string of the molecule is Fc1cc2ncn(Cc3ccccc3Cl)c2cc1F. The van der Waals surface area contributed by atoms with Gasteiger partial charge >= 0.3 is 0 Å². The molecule has 0 bridgehead atoms. The minimum atomic E-state index is -0.893. The quantitative estimate of drug-likeness (QED) is 0.692. The van der Waals surface area contributed by atoms with Gasteiger partial charge in [0, 0.05) is 17.2 Å². The number of aromatic nitrogens is 2. The molecule has 0 saturated carbocycles. The second-order valence-electron chi connectivity index (χ2n) is 4.22. The lowest BCUT2D eigenvalue weighted by Crippen LogP contribution is -1.99. The van der Waals surface area contributed by atoms with Gasteiger partial charge < -0.3 is 4.57 Å². The van der Waals surface area contributed by atoms with E-state index in [-0.39, 0.29) is 0 Å². The van der Waals surface area contributed by atoms with Crippen molar-refractivity contribution in [2.24, 2.45) is 0 Å². The summed E-state index contributed by atoms with van der Waals surface area (Å²) in [6.45, 7) is 0.460. The Balaban J connectivity index is 2.07. The highest BCUT2D eigenvalue weighted by Crippen LogP contribution is 2.21. The van der Waals surface area contributed by atoms with Crippen molar-refractivity contribution in [2.75, 3.05) is 0 Å². The van der Waals surface area contributed by atoms with Crippen molar-refractivity contribution in [3.8, 4) is 0 Å². The maximum Gasteiger partial charge on any atom is 0.161 e. The Kier molecular flexibility index (Phi) is 2.95. The number of benzene rings is 2. The summed E-state index contributed by atoms with van der Waals surface area (Å²) in [5.41, 5.74) is 1.86. The third-order valence-electron chi connectivity index (χ3n) is 2.96. The van der Waals surface area contributed by atoms with Crippen LogP contribution in [0.5, 0.6) is 0 Å². The summed E-state index contributed by atoms with van der Waals surface area (Å²) in [7, 11) is 0. The van der Waals surface area contributed by atoms with E-state index in [0.717, 1.165) is 17.7 Å². The van der Waals surface area contributed by atoms with Gasteiger partial charge in [0.25, 0.3) is 0 Å². The van der Waals surface area contributed by atoms with Crippen molar-refractivity contribution >= 4 is 22.6 Å². The molecule has 5 heteroatoms. The third kappa shape index (κ3) is 2.19. The third-order valence-corrected chi connectivity index (χ3v) is 3.33. The van der Waals surface area contributed by atoms with Gasteiger partial charge in [-0.05, 0) is 11.6 Å². The molecule has 0 atom stereocenters. The van der Waals surface area contributed by atoms with E-state index in [9.17, 15) is 8.78 Å². The Hall–Kier alpha value is -1.94. The Morgan fingerprint density at radius 1 is 1.11 bits per heavy atom. The average Bonchev–Trinajstić information content (AvgIpc) is 2.76. The summed E-state index contributed by atoms with van der Waals surface area (Å²) in [6, 6.07) is 9.63. The maximum absolute atomic E-state index is 13.3. The van der Waals surface area contributed by atoms with E-state index in [4.69, 9.17) is 11.6 Å². The van der Waals surface area contributed by atoms with E-state index in [1.54, 1.807) is 17.0 Å². The summed E-state index contributed by atoms with van der Waals surface area (Å²) in [4.78, 5) is 4.06. The van der Waals surface area contributed by atoms with Crippen LogP contribution in [0.25, 0.3) is 11.0 Å². The molecular formula is C14H9ClF2N2. The lowest BCUT2D eigenvalue weighted by molar-refractivity contribution is 0.510. The Morgan fingerprint density at radius 2 is 1.84 bits per heavy atom. The van der Waals surface area contributed by atoms with E-state index in [1.807, 2.05) is 18.2 Å². The summed E-state index contributed by atoms with van der Waals surface area (Å²) in [5.74, 6) is -1.77. The fourth-order valence-corrected chi connectivity index (χ4v) is 2.19. The largest absolute Gasteiger partial charge is 0.326 e. The molecule has 1 aromatic heterocycles. The van der Waals surface area contributed by atoms with E-state index in [1.165, 1.54) is 0 Å². The molecule has 2 aromatic carbocycles. The van der Waals surface area contributed by atoms with Gasteiger partial charge in [-0.2, -0.15) is 0 Å². The Morgan fingerprint density at radius 3 is 2.63 bits per heavy atom. The first-order chi connectivity index (χ1) is 9.15. The molecule has 2 nitrogen and oxygen atoms in total. The monoisotopic (exact) mass is 278 g/mol. The highest BCUT2D eigenvalue weighted by atomic mass is 35.5. The maximum atomic E-state index is 13.3. The summed E-state index contributed by atoms with van der Waals surface area (Å²) in [5, 5.41) is 0.631. The van der Waals surface area contributed by atoms with Crippen LogP contribution in [0.15, 0.2) is 42.7 Å².